The summed E-state index contributed by atoms with van der Waals surface area (Å²) in [6.07, 6.45) is 0. The Morgan fingerprint density at radius 3 is 1.44 bits per heavy atom. The first-order chi connectivity index (χ1) is 6.95. The molecule has 10 heteroatoms. The Hall–Kier alpha value is -2.23. The standard InChI is InChI=1S/C6H3N3O6.H2S/c10-7(11)4-2-1-3-5(8(12)13)6(4)9(14)15;/h1-3H;1H2. The zero-order valence-corrected chi connectivity index (χ0v) is 8.52. The molecule has 0 radical (unpaired) electrons. The van der Waals surface area contributed by atoms with Gasteiger partial charge in [0.15, 0.2) is 0 Å². The van der Waals surface area contributed by atoms with Crippen LogP contribution >= 0.6 is 13.5 Å². The summed E-state index contributed by atoms with van der Waals surface area (Å²) in [7, 11) is 0. The van der Waals surface area contributed by atoms with Crippen LogP contribution in [-0.2, 0) is 0 Å². The lowest BCUT2D eigenvalue weighted by Gasteiger charge is -1.95. The van der Waals surface area contributed by atoms with Crippen LogP contribution in [0.2, 0.25) is 0 Å². The number of rotatable bonds is 3. The molecule has 86 valence electrons. The summed E-state index contributed by atoms with van der Waals surface area (Å²) in [5.41, 5.74) is -2.89. The number of nitro benzene ring substituents is 3. The van der Waals surface area contributed by atoms with Gasteiger partial charge in [0.05, 0.1) is 14.8 Å². The molecule has 0 saturated heterocycles. The fourth-order valence-corrected chi connectivity index (χ4v) is 1.00. The van der Waals surface area contributed by atoms with Gasteiger partial charge in [-0.1, -0.05) is 0 Å². The maximum atomic E-state index is 10.4. The first-order valence-electron chi connectivity index (χ1n) is 3.51. The molecular weight excluding hydrogens is 242 g/mol. The van der Waals surface area contributed by atoms with E-state index in [1.54, 1.807) is 0 Å². The first kappa shape index (κ1) is 13.8. The second-order valence-corrected chi connectivity index (χ2v) is 2.42. The third-order valence-corrected chi connectivity index (χ3v) is 1.57. The van der Waals surface area contributed by atoms with Crippen LogP contribution in [0.25, 0.3) is 0 Å². The number of para-hydroxylation sites is 1. The van der Waals surface area contributed by atoms with Crippen molar-refractivity contribution in [2.24, 2.45) is 0 Å². The van der Waals surface area contributed by atoms with E-state index in [9.17, 15) is 30.3 Å². The van der Waals surface area contributed by atoms with Gasteiger partial charge < -0.3 is 0 Å². The van der Waals surface area contributed by atoms with Gasteiger partial charge in [-0.15, -0.1) is 0 Å². The molecule has 0 atom stereocenters. The van der Waals surface area contributed by atoms with Crippen LogP contribution in [0.5, 0.6) is 0 Å². The van der Waals surface area contributed by atoms with E-state index in [1.807, 2.05) is 0 Å². The van der Waals surface area contributed by atoms with Gasteiger partial charge in [0.25, 0.3) is 0 Å². The SMILES string of the molecule is O=[N+]([O-])c1cccc([N+](=O)[O-])c1[N+](=O)[O-].S. The molecule has 0 amide bonds. The fraction of sp³-hybridized carbons (Fsp3) is 0. The summed E-state index contributed by atoms with van der Waals surface area (Å²) >= 11 is 0. The van der Waals surface area contributed by atoms with Crippen LogP contribution in [0, 0.1) is 30.3 Å². The van der Waals surface area contributed by atoms with Gasteiger partial charge in [0.1, 0.15) is 0 Å². The molecule has 0 fully saturated rings. The highest BCUT2D eigenvalue weighted by molar-refractivity contribution is 7.59. The quantitative estimate of drug-likeness (QED) is 0.587. The summed E-state index contributed by atoms with van der Waals surface area (Å²) in [5.74, 6) is 0. The van der Waals surface area contributed by atoms with Gasteiger partial charge in [-0.25, -0.2) is 0 Å². The summed E-state index contributed by atoms with van der Waals surface area (Å²) in [5, 5.41) is 31.2. The monoisotopic (exact) mass is 247 g/mol. The number of hydrogen-bond acceptors (Lipinski definition) is 6. The van der Waals surface area contributed by atoms with Crippen molar-refractivity contribution in [3.05, 3.63) is 48.5 Å². The fourth-order valence-electron chi connectivity index (χ4n) is 1.00. The average Bonchev–Trinajstić information content (AvgIpc) is 2.16. The van der Waals surface area contributed by atoms with E-state index in [0.717, 1.165) is 18.2 Å². The van der Waals surface area contributed by atoms with Crippen molar-refractivity contribution >= 4 is 30.6 Å². The minimum absolute atomic E-state index is 0. The molecule has 0 heterocycles. The molecule has 0 spiro atoms. The molecule has 0 saturated carbocycles. The van der Waals surface area contributed by atoms with Gasteiger partial charge in [0, 0.05) is 12.1 Å². The highest BCUT2D eigenvalue weighted by Gasteiger charge is 2.34. The van der Waals surface area contributed by atoms with E-state index >= 15 is 0 Å². The lowest BCUT2D eigenvalue weighted by atomic mass is 10.2. The van der Waals surface area contributed by atoms with E-state index in [0.29, 0.717) is 0 Å². The zero-order valence-electron chi connectivity index (χ0n) is 7.52. The molecule has 0 bridgehead atoms. The van der Waals surface area contributed by atoms with E-state index in [1.165, 1.54) is 0 Å². The van der Waals surface area contributed by atoms with Crippen molar-refractivity contribution in [2.75, 3.05) is 0 Å². The molecule has 0 unspecified atom stereocenters. The number of hydrogen-bond donors (Lipinski definition) is 0. The lowest BCUT2D eigenvalue weighted by Crippen LogP contribution is -2.00. The molecule has 0 aromatic heterocycles. The molecule has 9 nitrogen and oxygen atoms in total. The first-order valence-corrected chi connectivity index (χ1v) is 3.51. The van der Waals surface area contributed by atoms with Crippen molar-refractivity contribution in [3.63, 3.8) is 0 Å². The Bertz CT molecular complexity index is 429. The molecule has 1 aromatic rings. The van der Waals surface area contributed by atoms with Crippen LogP contribution < -0.4 is 0 Å². The van der Waals surface area contributed by atoms with Crippen molar-refractivity contribution in [2.45, 2.75) is 0 Å². The predicted molar refractivity (Wildman–Crippen MR) is 56.8 cm³/mol. The normalized spacial score (nSPS) is 9.00. The topological polar surface area (TPSA) is 129 Å². The van der Waals surface area contributed by atoms with Gasteiger partial charge >= 0.3 is 17.1 Å². The molecule has 0 aliphatic heterocycles. The molecule has 16 heavy (non-hydrogen) atoms. The second kappa shape index (κ2) is 5.02. The summed E-state index contributed by atoms with van der Waals surface area (Å²) in [4.78, 5) is 28.0. The van der Waals surface area contributed by atoms with E-state index in [2.05, 4.69) is 0 Å². The van der Waals surface area contributed by atoms with Crippen molar-refractivity contribution in [3.8, 4) is 0 Å². The van der Waals surface area contributed by atoms with E-state index in [4.69, 9.17) is 0 Å². The van der Waals surface area contributed by atoms with Crippen LogP contribution in [0.4, 0.5) is 17.1 Å². The molecule has 1 aromatic carbocycles. The zero-order chi connectivity index (χ0) is 11.6. The van der Waals surface area contributed by atoms with Crippen LogP contribution in [0.15, 0.2) is 18.2 Å². The molecule has 0 aliphatic carbocycles. The van der Waals surface area contributed by atoms with Gasteiger partial charge in [-0.2, -0.15) is 13.5 Å². The second-order valence-electron chi connectivity index (χ2n) is 2.42. The van der Waals surface area contributed by atoms with E-state index in [-0.39, 0.29) is 13.5 Å². The predicted octanol–water partition coefficient (Wildman–Crippen LogP) is 1.52. The molecule has 0 aliphatic rings. The van der Waals surface area contributed by atoms with Crippen molar-refractivity contribution in [1.29, 1.82) is 0 Å². The summed E-state index contributed by atoms with van der Waals surface area (Å²) in [6.45, 7) is 0. The largest absolute Gasteiger partial charge is 0.422 e. The minimum atomic E-state index is -1.14. The summed E-state index contributed by atoms with van der Waals surface area (Å²) < 4.78 is 0. The number of nitrogens with zero attached hydrogens (tertiary/aromatic N) is 3. The Labute approximate surface area is 94.6 Å². The van der Waals surface area contributed by atoms with Crippen molar-refractivity contribution < 1.29 is 14.8 Å². The summed E-state index contributed by atoms with van der Waals surface area (Å²) in [6, 6.07) is 2.69. The average molecular weight is 247 g/mol. The Kier molecular flexibility index (Phi) is 4.32. The Morgan fingerprint density at radius 2 is 1.19 bits per heavy atom. The number of nitro groups is 3. The molecule has 0 N–H and O–H groups in total. The lowest BCUT2D eigenvalue weighted by molar-refractivity contribution is -0.441. The van der Waals surface area contributed by atoms with E-state index < -0.39 is 31.8 Å². The van der Waals surface area contributed by atoms with Gasteiger partial charge in [-0.05, 0) is 6.07 Å². The Morgan fingerprint density at radius 1 is 0.812 bits per heavy atom. The Balaban J connectivity index is 0.00000225. The van der Waals surface area contributed by atoms with Crippen LogP contribution in [0.3, 0.4) is 0 Å². The molecule has 1 rings (SSSR count). The molecular formula is C6H5N3O6S. The highest BCUT2D eigenvalue weighted by Crippen LogP contribution is 2.35. The van der Waals surface area contributed by atoms with Crippen molar-refractivity contribution in [1.82, 2.24) is 0 Å². The van der Waals surface area contributed by atoms with Gasteiger partial charge in [0.2, 0.25) is 0 Å². The number of benzene rings is 1. The van der Waals surface area contributed by atoms with Gasteiger partial charge in [-0.3, -0.25) is 30.3 Å². The van der Waals surface area contributed by atoms with Crippen LogP contribution in [0.1, 0.15) is 0 Å². The maximum absolute atomic E-state index is 10.4. The highest BCUT2D eigenvalue weighted by atomic mass is 32.1. The minimum Gasteiger partial charge on any atom is -0.258 e. The maximum Gasteiger partial charge on any atom is 0.422 e. The third-order valence-electron chi connectivity index (χ3n) is 1.57. The third kappa shape index (κ3) is 2.42. The smallest absolute Gasteiger partial charge is 0.258 e. The van der Waals surface area contributed by atoms with Crippen LogP contribution in [-0.4, -0.2) is 14.8 Å².